The number of aliphatic hydroxyl groups is 2. The van der Waals surface area contributed by atoms with Crippen molar-refractivity contribution in [2.45, 2.75) is 12.2 Å². The molecule has 0 aliphatic carbocycles. The van der Waals surface area contributed by atoms with Crippen molar-refractivity contribution >= 4 is 21.5 Å². The van der Waals surface area contributed by atoms with Gasteiger partial charge in [-0.1, -0.05) is 84.9 Å². The summed E-state index contributed by atoms with van der Waals surface area (Å²) < 4.78 is 0. The summed E-state index contributed by atoms with van der Waals surface area (Å²) in [4.78, 5) is 0. The van der Waals surface area contributed by atoms with Crippen molar-refractivity contribution in [3.8, 4) is 0 Å². The molecule has 2 nitrogen and oxygen atoms in total. The summed E-state index contributed by atoms with van der Waals surface area (Å²) in [6.45, 7) is 0. The van der Waals surface area contributed by atoms with E-state index in [1.165, 1.54) is 0 Å². The Bertz CT molecular complexity index is 913. The van der Waals surface area contributed by atoms with Gasteiger partial charge in [0.2, 0.25) is 0 Å². The lowest BCUT2D eigenvalue weighted by Gasteiger charge is -2.21. The van der Waals surface area contributed by atoms with Crippen LogP contribution in [0.25, 0.3) is 21.5 Å². The molecule has 2 N–H and O–H groups in total. The van der Waals surface area contributed by atoms with Gasteiger partial charge in [-0.25, -0.2) is 0 Å². The Labute approximate surface area is 140 Å². The summed E-state index contributed by atoms with van der Waals surface area (Å²) in [6, 6.07) is 27.4. The molecule has 0 saturated heterocycles. The van der Waals surface area contributed by atoms with Crippen molar-refractivity contribution in [2.75, 3.05) is 0 Å². The van der Waals surface area contributed by atoms with E-state index in [-0.39, 0.29) is 0 Å². The molecule has 118 valence electrons. The van der Waals surface area contributed by atoms with Gasteiger partial charge in [0.1, 0.15) is 12.2 Å². The number of benzene rings is 4. The Kier molecular flexibility index (Phi) is 3.77. The summed E-state index contributed by atoms with van der Waals surface area (Å²) >= 11 is 0. The van der Waals surface area contributed by atoms with Crippen LogP contribution >= 0.6 is 0 Å². The molecule has 0 radical (unpaired) electrons. The van der Waals surface area contributed by atoms with E-state index in [0.717, 1.165) is 32.7 Å². The maximum absolute atomic E-state index is 10.8. The van der Waals surface area contributed by atoms with Gasteiger partial charge in [0, 0.05) is 0 Å². The number of rotatable bonds is 3. The molecule has 4 rings (SSSR count). The van der Waals surface area contributed by atoms with Crippen LogP contribution in [0.15, 0.2) is 84.9 Å². The molecule has 0 bridgehead atoms. The minimum atomic E-state index is -0.984. The predicted molar refractivity (Wildman–Crippen MR) is 97.8 cm³/mol. The Balaban J connectivity index is 1.82. The minimum absolute atomic E-state index is 0.744. The van der Waals surface area contributed by atoms with E-state index in [1.807, 2.05) is 84.9 Å². The molecule has 0 fully saturated rings. The lowest BCUT2D eigenvalue weighted by Crippen LogP contribution is -2.11. The van der Waals surface area contributed by atoms with Crippen LogP contribution in [-0.2, 0) is 0 Å². The lowest BCUT2D eigenvalue weighted by atomic mass is 9.91. The second kappa shape index (κ2) is 6.08. The molecule has 2 atom stereocenters. The molecule has 0 aromatic heterocycles. The van der Waals surface area contributed by atoms with Gasteiger partial charge in [0.25, 0.3) is 0 Å². The van der Waals surface area contributed by atoms with Gasteiger partial charge >= 0.3 is 0 Å². The highest BCUT2D eigenvalue weighted by molar-refractivity contribution is 5.87. The molecule has 0 aliphatic rings. The zero-order valence-corrected chi connectivity index (χ0v) is 13.1. The first-order valence-electron chi connectivity index (χ1n) is 8.07. The van der Waals surface area contributed by atoms with Crippen molar-refractivity contribution in [1.82, 2.24) is 0 Å². The third kappa shape index (κ3) is 2.46. The third-order valence-electron chi connectivity index (χ3n) is 4.58. The normalized spacial score (nSPS) is 13.9. The summed E-state index contributed by atoms with van der Waals surface area (Å²) in [5.74, 6) is 0. The molecule has 4 aromatic carbocycles. The second-order valence-corrected chi connectivity index (χ2v) is 6.03. The molecular formula is C22H18O2. The monoisotopic (exact) mass is 314 g/mol. The highest BCUT2D eigenvalue weighted by atomic mass is 16.3. The first-order valence-corrected chi connectivity index (χ1v) is 8.07. The molecule has 0 amide bonds. The number of aliphatic hydroxyl groups excluding tert-OH is 2. The molecular weight excluding hydrogens is 296 g/mol. The largest absolute Gasteiger partial charge is 0.385 e. The fraction of sp³-hybridized carbons (Fsp3) is 0.0909. The summed E-state index contributed by atoms with van der Waals surface area (Å²) in [5, 5.41) is 25.7. The van der Waals surface area contributed by atoms with Crippen LogP contribution < -0.4 is 0 Å². The zero-order chi connectivity index (χ0) is 16.5. The van der Waals surface area contributed by atoms with Crippen LogP contribution in [0.4, 0.5) is 0 Å². The average molecular weight is 314 g/mol. The van der Waals surface area contributed by atoms with Crippen LogP contribution in [0.2, 0.25) is 0 Å². The maximum atomic E-state index is 10.8. The van der Waals surface area contributed by atoms with Gasteiger partial charge in [0.15, 0.2) is 0 Å². The lowest BCUT2D eigenvalue weighted by molar-refractivity contribution is 0.0190. The van der Waals surface area contributed by atoms with E-state index < -0.39 is 12.2 Å². The van der Waals surface area contributed by atoms with Gasteiger partial charge in [-0.15, -0.1) is 0 Å². The van der Waals surface area contributed by atoms with E-state index in [4.69, 9.17) is 0 Å². The molecule has 4 aromatic rings. The van der Waals surface area contributed by atoms with E-state index in [9.17, 15) is 10.2 Å². The van der Waals surface area contributed by atoms with Crippen LogP contribution in [0.1, 0.15) is 23.3 Å². The van der Waals surface area contributed by atoms with Crippen molar-refractivity contribution in [3.63, 3.8) is 0 Å². The van der Waals surface area contributed by atoms with Gasteiger partial charge < -0.3 is 10.2 Å². The van der Waals surface area contributed by atoms with Gasteiger partial charge in [-0.3, -0.25) is 0 Å². The van der Waals surface area contributed by atoms with Gasteiger partial charge in [0.05, 0.1) is 0 Å². The summed E-state index contributed by atoms with van der Waals surface area (Å²) in [7, 11) is 0. The van der Waals surface area contributed by atoms with E-state index in [1.54, 1.807) is 0 Å². The topological polar surface area (TPSA) is 40.5 Å². The molecule has 24 heavy (non-hydrogen) atoms. The Morgan fingerprint density at radius 2 is 0.833 bits per heavy atom. The van der Waals surface area contributed by atoms with Crippen LogP contribution in [-0.4, -0.2) is 10.2 Å². The highest BCUT2D eigenvalue weighted by Crippen LogP contribution is 2.35. The molecule has 0 saturated carbocycles. The Morgan fingerprint density at radius 1 is 0.458 bits per heavy atom. The zero-order valence-electron chi connectivity index (χ0n) is 13.1. The van der Waals surface area contributed by atoms with Crippen molar-refractivity contribution in [2.24, 2.45) is 0 Å². The Hall–Kier alpha value is -2.68. The van der Waals surface area contributed by atoms with E-state index >= 15 is 0 Å². The number of fused-ring (bicyclic) bond motifs is 2. The van der Waals surface area contributed by atoms with E-state index in [2.05, 4.69) is 0 Å². The Morgan fingerprint density at radius 3 is 1.29 bits per heavy atom. The minimum Gasteiger partial charge on any atom is -0.385 e. The predicted octanol–water partition coefficient (Wildman–Crippen LogP) is 4.76. The highest BCUT2D eigenvalue weighted by Gasteiger charge is 2.23. The number of hydrogen-bond donors (Lipinski definition) is 2. The molecule has 2 heteroatoms. The fourth-order valence-corrected chi connectivity index (χ4v) is 3.36. The number of hydrogen-bond acceptors (Lipinski definition) is 2. The molecule has 0 aliphatic heterocycles. The summed E-state index contributed by atoms with van der Waals surface area (Å²) in [5.41, 5.74) is 1.49. The molecule has 1 unspecified atom stereocenters. The maximum Gasteiger partial charge on any atom is 0.110 e. The first kappa shape index (κ1) is 14.9. The second-order valence-electron chi connectivity index (χ2n) is 6.03. The van der Waals surface area contributed by atoms with Crippen molar-refractivity contribution in [1.29, 1.82) is 0 Å². The van der Waals surface area contributed by atoms with Crippen LogP contribution in [0.3, 0.4) is 0 Å². The molecule has 0 spiro atoms. The summed E-state index contributed by atoms with van der Waals surface area (Å²) in [6.07, 6.45) is -1.97. The fourth-order valence-electron chi connectivity index (χ4n) is 3.36. The van der Waals surface area contributed by atoms with Gasteiger partial charge in [-0.2, -0.15) is 0 Å². The van der Waals surface area contributed by atoms with E-state index in [0.29, 0.717) is 0 Å². The quantitative estimate of drug-likeness (QED) is 0.572. The SMILES string of the molecule is OC(c1cccc2ccccc12)[C@@H](O)c1cccc2ccccc12. The van der Waals surface area contributed by atoms with Crippen LogP contribution in [0.5, 0.6) is 0 Å². The third-order valence-corrected chi connectivity index (χ3v) is 4.58. The standard InChI is InChI=1S/C22H18O2/c23-21(19-13-5-9-15-7-1-3-11-17(15)19)22(24)20-14-6-10-16-8-2-4-12-18(16)20/h1-14,21-24H/t21-,22?/m0/s1. The van der Waals surface area contributed by atoms with Gasteiger partial charge in [-0.05, 0) is 32.7 Å². The average Bonchev–Trinajstić information content (AvgIpc) is 2.66. The van der Waals surface area contributed by atoms with Crippen LogP contribution in [0, 0.1) is 0 Å². The van der Waals surface area contributed by atoms with Crippen molar-refractivity contribution < 1.29 is 10.2 Å². The smallest absolute Gasteiger partial charge is 0.110 e. The first-order chi connectivity index (χ1) is 11.8. The van der Waals surface area contributed by atoms with Crippen molar-refractivity contribution in [3.05, 3.63) is 96.1 Å². The molecule has 0 heterocycles.